The number of aryl methyl sites for hydroxylation is 1. The predicted octanol–water partition coefficient (Wildman–Crippen LogP) is 1.71. The van der Waals surface area contributed by atoms with Gasteiger partial charge in [-0.1, -0.05) is 6.07 Å². The summed E-state index contributed by atoms with van der Waals surface area (Å²) in [4.78, 5) is 10.4. The molecule has 0 radical (unpaired) electrons. The molecule has 0 saturated carbocycles. The first-order valence-electron chi connectivity index (χ1n) is 5.82. The van der Waals surface area contributed by atoms with E-state index in [1.54, 1.807) is 13.0 Å². The molecule has 0 bridgehead atoms. The summed E-state index contributed by atoms with van der Waals surface area (Å²) in [5, 5.41) is 22.4. The fraction of sp³-hybridized carbons (Fsp3) is 0.500. The number of ether oxygens (including phenoxy) is 1. The van der Waals surface area contributed by atoms with Crippen LogP contribution in [0.4, 0.5) is 11.4 Å². The number of nitrogens with zero attached hydrogens (tertiary/aromatic N) is 1. The summed E-state index contributed by atoms with van der Waals surface area (Å²) in [6.45, 7) is 3.31. The molecule has 0 aliphatic rings. The topological polar surface area (TPSA) is 84.6 Å². The van der Waals surface area contributed by atoms with E-state index in [-0.39, 0.29) is 17.2 Å². The van der Waals surface area contributed by atoms with E-state index in [9.17, 15) is 10.1 Å². The minimum absolute atomic E-state index is 0.0254. The molecule has 1 rings (SSSR count). The Morgan fingerprint density at radius 3 is 2.89 bits per heavy atom. The molecule has 1 aromatic carbocycles. The molecule has 2 N–H and O–H groups in total. The van der Waals surface area contributed by atoms with E-state index in [4.69, 9.17) is 9.84 Å². The number of rotatable bonds is 8. The maximum Gasteiger partial charge on any atom is 0.274 e. The molecule has 0 unspecified atom stereocenters. The third-order valence-electron chi connectivity index (χ3n) is 2.44. The maximum atomic E-state index is 10.8. The summed E-state index contributed by atoms with van der Waals surface area (Å²) in [6, 6.07) is 5.07. The van der Waals surface area contributed by atoms with E-state index in [0.29, 0.717) is 25.3 Å². The van der Waals surface area contributed by atoms with Crippen LogP contribution in [0.15, 0.2) is 18.2 Å². The Hall–Kier alpha value is -1.66. The number of anilines is 1. The standard InChI is InChI=1S/C12H18N2O4/c1-10-3-4-11(9-12(10)14(16)17)13-5-2-7-18-8-6-15/h3-4,9,13,15H,2,5-8H2,1H3. The van der Waals surface area contributed by atoms with Crippen molar-refractivity contribution in [2.45, 2.75) is 13.3 Å². The fourth-order valence-electron chi connectivity index (χ4n) is 1.49. The van der Waals surface area contributed by atoms with Crippen LogP contribution < -0.4 is 5.32 Å². The normalized spacial score (nSPS) is 10.3. The maximum absolute atomic E-state index is 10.8. The third kappa shape index (κ3) is 4.68. The van der Waals surface area contributed by atoms with Gasteiger partial charge in [-0.2, -0.15) is 0 Å². The van der Waals surface area contributed by atoms with E-state index in [1.165, 1.54) is 6.07 Å². The van der Waals surface area contributed by atoms with Crippen molar-refractivity contribution >= 4 is 11.4 Å². The molecule has 0 fully saturated rings. The van der Waals surface area contributed by atoms with Gasteiger partial charge in [0, 0.05) is 30.5 Å². The van der Waals surface area contributed by atoms with E-state index < -0.39 is 0 Å². The van der Waals surface area contributed by atoms with Gasteiger partial charge in [0.05, 0.1) is 18.1 Å². The van der Waals surface area contributed by atoms with Crippen molar-refractivity contribution in [3.05, 3.63) is 33.9 Å². The number of aliphatic hydroxyl groups excluding tert-OH is 1. The molecule has 0 aliphatic heterocycles. The van der Waals surface area contributed by atoms with Crippen molar-refractivity contribution in [2.24, 2.45) is 0 Å². The van der Waals surface area contributed by atoms with Gasteiger partial charge in [-0.25, -0.2) is 0 Å². The number of nitro groups is 1. The number of benzene rings is 1. The van der Waals surface area contributed by atoms with Crippen LogP contribution in [0.5, 0.6) is 0 Å². The zero-order valence-electron chi connectivity index (χ0n) is 10.4. The number of hydrogen-bond acceptors (Lipinski definition) is 5. The minimum atomic E-state index is -0.384. The fourth-order valence-corrected chi connectivity index (χ4v) is 1.49. The van der Waals surface area contributed by atoms with E-state index >= 15 is 0 Å². The van der Waals surface area contributed by atoms with Gasteiger partial charge in [0.2, 0.25) is 0 Å². The number of nitrogens with one attached hydrogen (secondary N) is 1. The molecule has 0 saturated heterocycles. The van der Waals surface area contributed by atoms with Gasteiger partial charge in [0.1, 0.15) is 0 Å². The minimum Gasteiger partial charge on any atom is -0.394 e. The SMILES string of the molecule is Cc1ccc(NCCCOCCO)cc1[N+](=O)[O-]. The van der Waals surface area contributed by atoms with Gasteiger partial charge in [0.15, 0.2) is 0 Å². The summed E-state index contributed by atoms with van der Waals surface area (Å²) < 4.78 is 5.10. The Morgan fingerprint density at radius 1 is 1.44 bits per heavy atom. The van der Waals surface area contributed by atoms with Crippen LogP contribution in [0.1, 0.15) is 12.0 Å². The van der Waals surface area contributed by atoms with Crippen molar-refractivity contribution in [3.63, 3.8) is 0 Å². The monoisotopic (exact) mass is 254 g/mol. The Morgan fingerprint density at radius 2 is 2.22 bits per heavy atom. The third-order valence-corrected chi connectivity index (χ3v) is 2.44. The zero-order valence-corrected chi connectivity index (χ0v) is 10.4. The van der Waals surface area contributed by atoms with Crippen LogP contribution >= 0.6 is 0 Å². The van der Waals surface area contributed by atoms with Gasteiger partial charge >= 0.3 is 0 Å². The Balaban J connectivity index is 2.38. The van der Waals surface area contributed by atoms with E-state index in [1.807, 2.05) is 6.07 Å². The van der Waals surface area contributed by atoms with Crippen LogP contribution in [-0.2, 0) is 4.74 Å². The molecule has 18 heavy (non-hydrogen) atoms. The van der Waals surface area contributed by atoms with Crippen molar-refractivity contribution < 1.29 is 14.8 Å². The number of aliphatic hydroxyl groups is 1. The highest BCUT2D eigenvalue weighted by molar-refractivity contribution is 5.54. The predicted molar refractivity (Wildman–Crippen MR) is 68.8 cm³/mol. The molecule has 0 aromatic heterocycles. The van der Waals surface area contributed by atoms with Gasteiger partial charge in [0.25, 0.3) is 5.69 Å². The average Bonchev–Trinajstić information content (AvgIpc) is 2.35. The molecule has 6 nitrogen and oxygen atoms in total. The average molecular weight is 254 g/mol. The van der Waals surface area contributed by atoms with Crippen molar-refractivity contribution in [3.8, 4) is 0 Å². The molecule has 0 amide bonds. The molecule has 0 spiro atoms. The van der Waals surface area contributed by atoms with Crippen molar-refractivity contribution in [1.82, 2.24) is 0 Å². The Kier molecular flexibility index (Phi) is 6.10. The van der Waals surface area contributed by atoms with Gasteiger partial charge in [-0.3, -0.25) is 10.1 Å². The first kappa shape index (κ1) is 14.4. The Bertz CT molecular complexity index is 396. The van der Waals surface area contributed by atoms with Crippen LogP contribution in [0.25, 0.3) is 0 Å². The van der Waals surface area contributed by atoms with E-state index in [0.717, 1.165) is 12.1 Å². The second-order valence-electron chi connectivity index (χ2n) is 3.87. The highest BCUT2D eigenvalue weighted by Gasteiger charge is 2.10. The summed E-state index contributed by atoms with van der Waals surface area (Å²) in [5.41, 5.74) is 1.50. The molecule has 1 aromatic rings. The zero-order chi connectivity index (χ0) is 13.4. The lowest BCUT2D eigenvalue weighted by Gasteiger charge is -2.07. The molecule has 100 valence electrons. The molecule has 0 aliphatic carbocycles. The molecule has 0 heterocycles. The summed E-state index contributed by atoms with van der Waals surface area (Å²) in [6.07, 6.45) is 0.779. The highest BCUT2D eigenvalue weighted by Crippen LogP contribution is 2.22. The van der Waals surface area contributed by atoms with Crippen molar-refractivity contribution in [1.29, 1.82) is 0 Å². The molecular formula is C12H18N2O4. The lowest BCUT2D eigenvalue weighted by atomic mass is 10.2. The summed E-state index contributed by atoms with van der Waals surface area (Å²) in [5.74, 6) is 0. The van der Waals surface area contributed by atoms with Crippen LogP contribution in [0.3, 0.4) is 0 Å². The number of hydrogen-bond donors (Lipinski definition) is 2. The first-order valence-corrected chi connectivity index (χ1v) is 5.82. The summed E-state index contributed by atoms with van der Waals surface area (Å²) >= 11 is 0. The van der Waals surface area contributed by atoms with E-state index in [2.05, 4.69) is 5.32 Å². The van der Waals surface area contributed by atoms with Crippen molar-refractivity contribution in [2.75, 3.05) is 31.7 Å². The molecule has 0 atom stereocenters. The second-order valence-corrected chi connectivity index (χ2v) is 3.87. The molecular weight excluding hydrogens is 236 g/mol. The quantitative estimate of drug-likeness (QED) is 0.419. The largest absolute Gasteiger partial charge is 0.394 e. The van der Waals surface area contributed by atoms with Gasteiger partial charge in [-0.15, -0.1) is 0 Å². The number of nitro benzene ring substituents is 1. The lowest BCUT2D eigenvalue weighted by molar-refractivity contribution is -0.385. The summed E-state index contributed by atoms with van der Waals surface area (Å²) in [7, 11) is 0. The van der Waals surface area contributed by atoms with Gasteiger partial charge < -0.3 is 15.2 Å². The second kappa shape index (κ2) is 7.62. The smallest absolute Gasteiger partial charge is 0.274 e. The van der Waals surface area contributed by atoms with Crippen LogP contribution in [0.2, 0.25) is 0 Å². The van der Waals surface area contributed by atoms with Crippen LogP contribution in [0, 0.1) is 17.0 Å². The Labute approximate surface area is 106 Å². The molecule has 6 heteroatoms. The first-order chi connectivity index (χ1) is 8.65. The highest BCUT2D eigenvalue weighted by atomic mass is 16.6. The lowest BCUT2D eigenvalue weighted by Crippen LogP contribution is -2.07. The van der Waals surface area contributed by atoms with Gasteiger partial charge in [-0.05, 0) is 19.4 Å². The van der Waals surface area contributed by atoms with Crippen LogP contribution in [-0.4, -0.2) is 36.4 Å².